The minimum Gasteiger partial charge on any atom is -0.354 e. The number of rotatable bonds is 10. The topological polar surface area (TPSA) is 86.8 Å². The van der Waals surface area contributed by atoms with E-state index < -0.39 is 28.5 Å². The lowest BCUT2D eigenvalue weighted by Crippen LogP contribution is -2.51. The highest BCUT2D eigenvalue weighted by atomic mass is 79.9. The summed E-state index contributed by atoms with van der Waals surface area (Å²) >= 11 is 9.61. The number of amides is 2. The SMILES string of the molecule is CCCNC(=O)C(C)N(Cc1cccc(Br)c1)C(=O)CN(c1ccccc1Cl)S(C)(=O)=O. The number of hydrogen-bond acceptors (Lipinski definition) is 4. The fraction of sp³-hybridized carbons (Fsp3) is 0.364. The summed E-state index contributed by atoms with van der Waals surface area (Å²) in [7, 11) is -3.82. The van der Waals surface area contributed by atoms with E-state index in [9.17, 15) is 18.0 Å². The van der Waals surface area contributed by atoms with E-state index in [0.29, 0.717) is 6.54 Å². The van der Waals surface area contributed by atoms with E-state index in [1.807, 2.05) is 31.2 Å². The van der Waals surface area contributed by atoms with E-state index in [1.165, 1.54) is 11.0 Å². The zero-order valence-corrected chi connectivity index (χ0v) is 21.4. The van der Waals surface area contributed by atoms with Crippen LogP contribution in [0, 0.1) is 0 Å². The highest BCUT2D eigenvalue weighted by molar-refractivity contribution is 9.10. The molecule has 174 valence electrons. The second kappa shape index (κ2) is 11.7. The number of halogens is 2. The summed E-state index contributed by atoms with van der Waals surface area (Å²) in [6, 6.07) is 13.0. The van der Waals surface area contributed by atoms with Gasteiger partial charge in [0.25, 0.3) is 0 Å². The summed E-state index contributed by atoms with van der Waals surface area (Å²) in [6.45, 7) is 3.70. The number of carbonyl (C=O) groups is 2. The molecule has 0 aliphatic carbocycles. The normalized spacial score (nSPS) is 12.2. The number of carbonyl (C=O) groups excluding carboxylic acids is 2. The van der Waals surface area contributed by atoms with E-state index in [1.54, 1.807) is 25.1 Å². The highest BCUT2D eigenvalue weighted by Crippen LogP contribution is 2.27. The molecule has 10 heteroatoms. The van der Waals surface area contributed by atoms with Gasteiger partial charge in [0.2, 0.25) is 21.8 Å². The van der Waals surface area contributed by atoms with Gasteiger partial charge in [0.15, 0.2) is 0 Å². The number of hydrogen-bond donors (Lipinski definition) is 1. The van der Waals surface area contributed by atoms with Crippen LogP contribution < -0.4 is 9.62 Å². The van der Waals surface area contributed by atoms with Crippen molar-refractivity contribution in [2.75, 3.05) is 23.7 Å². The fourth-order valence-electron chi connectivity index (χ4n) is 3.06. The molecule has 0 aromatic heterocycles. The Balaban J connectivity index is 2.38. The lowest BCUT2D eigenvalue weighted by atomic mass is 10.1. The van der Waals surface area contributed by atoms with Gasteiger partial charge in [0.05, 0.1) is 17.0 Å². The van der Waals surface area contributed by atoms with Gasteiger partial charge in [0, 0.05) is 17.6 Å². The second-order valence-electron chi connectivity index (χ2n) is 7.34. The summed E-state index contributed by atoms with van der Waals surface area (Å²) in [5, 5.41) is 3.00. The van der Waals surface area contributed by atoms with Gasteiger partial charge in [-0.25, -0.2) is 8.42 Å². The maximum Gasteiger partial charge on any atom is 0.244 e. The zero-order valence-electron chi connectivity index (χ0n) is 18.2. The Hall–Kier alpha value is -2.10. The van der Waals surface area contributed by atoms with Crippen LogP contribution in [0.2, 0.25) is 5.02 Å². The number of anilines is 1. The van der Waals surface area contributed by atoms with Crippen LogP contribution in [-0.2, 0) is 26.2 Å². The van der Waals surface area contributed by atoms with Crippen LogP contribution in [0.4, 0.5) is 5.69 Å². The Morgan fingerprint density at radius 1 is 1.16 bits per heavy atom. The smallest absolute Gasteiger partial charge is 0.244 e. The molecular weight excluding hydrogens is 518 g/mol. The number of para-hydroxylation sites is 1. The van der Waals surface area contributed by atoms with Crippen LogP contribution in [0.25, 0.3) is 0 Å². The summed E-state index contributed by atoms with van der Waals surface area (Å²) in [4.78, 5) is 27.4. The first-order valence-electron chi connectivity index (χ1n) is 10.1. The van der Waals surface area contributed by atoms with Crippen molar-refractivity contribution in [2.24, 2.45) is 0 Å². The minimum atomic E-state index is -3.82. The van der Waals surface area contributed by atoms with E-state index in [2.05, 4.69) is 21.2 Å². The van der Waals surface area contributed by atoms with Crippen molar-refractivity contribution in [3.63, 3.8) is 0 Å². The molecule has 0 bridgehead atoms. The maximum absolute atomic E-state index is 13.4. The zero-order chi connectivity index (χ0) is 23.9. The Kier molecular flexibility index (Phi) is 9.54. The average Bonchev–Trinajstić information content (AvgIpc) is 2.73. The van der Waals surface area contributed by atoms with Gasteiger partial charge in [0.1, 0.15) is 12.6 Å². The molecule has 2 aromatic carbocycles. The van der Waals surface area contributed by atoms with Gasteiger partial charge in [-0.2, -0.15) is 0 Å². The average molecular weight is 545 g/mol. The van der Waals surface area contributed by atoms with Crippen LogP contribution in [0.15, 0.2) is 53.0 Å². The molecule has 1 N–H and O–H groups in total. The van der Waals surface area contributed by atoms with Crippen molar-refractivity contribution in [2.45, 2.75) is 32.9 Å². The molecule has 0 aliphatic heterocycles. The first-order valence-corrected chi connectivity index (χ1v) is 13.1. The van der Waals surface area contributed by atoms with Crippen LogP contribution in [0.3, 0.4) is 0 Å². The summed E-state index contributed by atoms with van der Waals surface area (Å²) < 4.78 is 26.8. The standard InChI is InChI=1S/C22H27BrClN3O4S/c1-4-12-25-22(29)16(2)26(14-17-8-7-9-18(23)13-17)21(28)15-27(32(3,30)31)20-11-6-5-10-19(20)24/h5-11,13,16H,4,12,14-15H2,1-3H3,(H,25,29). The number of benzene rings is 2. The first-order chi connectivity index (χ1) is 15.0. The predicted octanol–water partition coefficient (Wildman–Crippen LogP) is 3.81. The largest absolute Gasteiger partial charge is 0.354 e. The number of nitrogens with one attached hydrogen (secondary N) is 1. The third kappa shape index (κ3) is 7.21. The van der Waals surface area contributed by atoms with Gasteiger partial charge in [-0.05, 0) is 43.2 Å². The Labute approximate surface area is 202 Å². The molecule has 0 radical (unpaired) electrons. The van der Waals surface area contributed by atoms with Crippen molar-refractivity contribution >= 4 is 55.1 Å². The highest BCUT2D eigenvalue weighted by Gasteiger charge is 2.30. The van der Waals surface area contributed by atoms with Crippen molar-refractivity contribution in [1.82, 2.24) is 10.2 Å². The Morgan fingerprint density at radius 3 is 2.44 bits per heavy atom. The predicted molar refractivity (Wildman–Crippen MR) is 131 cm³/mol. The summed E-state index contributed by atoms with van der Waals surface area (Å²) in [5.41, 5.74) is 1.00. The third-order valence-corrected chi connectivity index (χ3v) is 6.70. The van der Waals surface area contributed by atoms with Crippen LogP contribution in [-0.4, -0.2) is 50.5 Å². The van der Waals surface area contributed by atoms with E-state index >= 15 is 0 Å². The quantitative estimate of drug-likeness (QED) is 0.493. The lowest BCUT2D eigenvalue weighted by Gasteiger charge is -2.31. The van der Waals surface area contributed by atoms with Gasteiger partial charge in [-0.15, -0.1) is 0 Å². The molecule has 0 fully saturated rings. The van der Waals surface area contributed by atoms with E-state index in [-0.39, 0.29) is 23.2 Å². The summed E-state index contributed by atoms with van der Waals surface area (Å²) in [6.07, 6.45) is 1.77. The first kappa shape index (κ1) is 26.2. The molecule has 2 amide bonds. The van der Waals surface area contributed by atoms with Crippen molar-refractivity contribution < 1.29 is 18.0 Å². The summed E-state index contributed by atoms with van der Waals surface area (Å²) in [5.74, 6) is -0.826. The molecule has 32 heavy (non-hydrogen) atoms. The van der Waals surface area contributed by atoms with Gasteiger partial charge in [-0.3, -0.25) is 13.9 Å². The van der Waals surface area contributed by atoms with Gasteiger partial charge >= 0.3 is 0 Å². The van der Waals surface area contributed by atoms with Crippen LogP contribution >= 0.6 is 27.5 Å². The molecule has 2 aromatic rings. The lowest BCUT2D eigenvalue weighted by molar-refractivity contribution is -0.139. The van der Waals surface area contributed by atoms with Crippen molar-refractivity contribution in [1.29, 1.82) is 0 Å². The van der Waals surface area contributed by atoms with E-state index in [4.69, 9.17) is 11.6 Å². The van der Waals surface area contributed by atoms with Crippen molar-refractivity contribution in [3.8, 4) is 0 Å². The molecule has 7 nitrogen and oxygen atoms in total. The molecule has 0 spiro atoms. The Bertz CT molecular complexity index is 1060. The molecule has 0 saturated heterocycles. The fourth-order valence-corrected chi connectivity index (χ4v) is 4.66. The van der Waals surface area contributed by atoms with Crippen LogP contribution in [0.5, 0.6) is 0 Å². The monoisotopic (exact) mass is 543 g/mol. The minimum absolute atomic E-state index is 0.138. The molecule has 2 rings (SSSR count). The molecule has 1 atom stereocenters. The van der Waals surface area contributed by atoms with Gasteiger partial charge in [-0.1, -0.05) is 58.7 Å². The van der Waals surface area contributed by atoms with Crippen molar-refractivity contribution in [3.05, 3.63) is 63.6 Å². The third-order valence-electron chi connectivity index (χ3n) is 4.76. The number of nitrogens with zero attached hydrogens (tertiary/aromatic N) is 2. The molecular formula is C22H27BrClN3O4S. The molecule has 0 saturated carbocycles. The molecule has 1 unspecified atom stereocenters. The molecule has 0 heterocycles. The Morgan fingerprint density at radius 2 is 1.84 bits per heavy atom. The van der Waals surface area contributed by atoms with Crippen LogP contribution in [0.1, 0.15) is 25.8 Å². The van der Waals surface area contributed by atoms with E-state index in [0.717, 1.165) is 27.0 Å². The van der Waals surface area contributed by atoms with Gasteiger partial charge < -0.3 is 10.2 Å². The number of sulfonamides is 1. The molecule has 0 aliphatic rings. The second-order valence-corrected chi connectivity index (χ2v) is 10.6. The maximum atomic E-state index is 13.4.